The number of hydrogen-bond donors (Lipinski definition) is 1. The first-order chi connectivity index (χ1) is 9.06. The number of hydrogen-bond acceptors (Lipinski definition) is 2. The number of furan rings is 1. The highest BCUT2D eigenvalue weighted by Gasteiger charge is 2.24. The molecule has 1 unspecified atom stereocenters. The summed E-state index contributed by atoms with van der Waals surface area (Å²) in [6.45, 7) is 1.91. The van der Waals surface area contributed by atoms with E-state index in [0.29, 0.717) is 24.3 Å². The van der Waals surface area contributed by atoms with Gasteiger partial charge in [0.05, 0.1) is 6.04 Å². The van der Waals surface area contributed by atoms with Crippen LogP contribution >= 0.6 is 0 Å². The van der Waals surface area contributed by atoms with E-state index in [1.807, 2.05) is 6.92 Å². The van der Waals surface area contributed by atoms with Crippen LogP contribution in [0.1, 0.15) is 30.0 Å². The summed E-state index contributed by atoms with van der Waals surface area (Å²) in [5.74, 6) is -1.71. The molecule has 0 spiro atoms. The number of halogens is 3. The van der Waals surface area contributed by atoms with Gasteiger partial charge in [-0.05, 0) is 19.2 Å². The average Bonchev–Trinajstić information content (AvgIpc) is 2.81. The van der Waals surface area contributed by atoms with E-state index in [9.17, 15) is 13.2 Å². The quantitative estimate of drug-likeness (QED) is 0.918. The van der Waals surface area contributed by atoms with Crippen molar-refractivity contribution in [3.05, 3.63) is 58.8 Å². The van der Waals surface area contributed by atoms with Gasteiger partial charge < -0.3 is 9.73 Å². The minimum absolute atomic E-state index is 0.249. The van der Waals surface area contributed by atoms with Gasteiger partial charge in [-0.25, -0.2) is 13.2 Å². The zero-order valence-corrected chi connectivity index (χ0v) is 10.6. The average molecular weight is 269 g/mol. The molecule has 0 amide bonds. The second-order valence-corrected chi connectivity index (χ2v) is 4.16. The summed E-state index contributed by atoms with van der Waals surface area (Å²) < 4.78 is 45.9. The van der Waals surface area contributed by atoms with Crippen molar-refractivity contribution >= 4 is 0 Å². The summed E-state index contributed by atoms with van der Waals surface area (Å²) in [5, 5.41) is 2.78. The molecule has 0 fully saturated rings. The van der Waals surface area contributed by atoms with Gasteiger partial charge in [0.15, 0.2) is 0 Å². The van der Waals surface area contributed by atoms with Crippen LogP contribution in [0.2, 0.25) is 0 Å². The monoisotopic (exact) mass is 269 g/mol. The van der Waals surface area contributed by atoms with E-state index >= 15 is 0 Å². The summed E-state index contributed by atoms with van der Waals surface area (Å²) in [5.41, 5.74) is -0.249. The molecule has 19 heavy (non-hydrogen) atoms. The second kappa shape index (κ2) is 5.48. The summed E-state index contributed by atoms with van der Waals surface area (Å²) in [7, 11) is 1.56. The Kier molecular flexibility index (Phi) is 3.95. The smallest absolute Gasteiger partial charge is 0.134 e. The van der Waals surface area contributed by atoms with Gasteiger partial charge in [-0.15, -0.1) is 0 Å². The molecule has 1 atom stereocenters. The number of nitrogens with one attached hydrogen (secondary N) is 1. The molecular weight excluding hydrogens is 255 g/mol. The van der Waals surface area contributed by atoms with Crippen molar-refractivity contribution in [3.63, 3.8) is 0 Å². The first-order valence-corrected chi connectivity index (χ1v) is 5.97. The SMILES string of the molecule is CCc1ccc(C(NC)c2c(F)cc(F)cc2F)o1. The minimum Gasteiger partial charge on any atom is -0.464 e. The fraction of sp³-hybridized carbons (Fsp3) is 0.286. The van der Waals surface area contributed by atoms with Gasteiger partial charge >= 0.3 is 0 Å². The molecule has 1 N–H and O–H groups in total. The molecule has 0 aliphatic rings. The number of benzene rings is 1. The Morgan fingerprint density at radius 1 is 1.16 bits per heavy atom. The van der Waals surface area contributed by atoms with Gasteiger partial charge in [0.1, 0.15) is 29.0 Å². The third kappa shape index (κ3) is 2.66. The predicted molar refractivity (Wildman–Crippen MR) is 65.3 cm³/mol. The maximum absolute atomic E-state index is 13.8. The van der Waals surface area contributed by atoms with Crippen LogP contribution in [0.4, 0.5) is 13.2 Å². The molecule has 0 saturated carbocycles. The molecule has 0 aliphatic carbocycles. The topological polar surface area (TPSA) is 25.2 Å². The van der Waals surface area contributed by atoms with Crippen molar-refractivity contribution in [1.82, 2.24) is 5.32 Å². The van der Waals surface area contributed by atoms with Crippen LogP contribution in [-0.2, 0) is 6.42 Å². The van der Waals surface area contributed by atoms with Crippen molar-refractivity contribution < 1.29 is 17.6 Å². The maximum atomic E-state index is 13.8. The normalized spacial score (nSPS) is 12.7. The number of aryl methyl sites for hydroxylation is 1. The molecule has 5 heteroatoms. The van der Waals surface area contributed by atoms with Crippen LogP contribution < -0.4 is 5.32 Å². The summed E-state index contributed by atoms with van der Waals surface area (Å²) >= 11 is 0. The van der Waals surface area contributed by atoms with E-state index in [1.54, 1.807) is 19.2 Å². The lowest BCUT2D eigenvalue weighted by Crippen LogP contribution is -2.20. The van der Waals surface area contributed by atoms with Gasteiger partial charge in [0, 0.05) is 24.1 Å². The Labute approximate surface area is 109 Å². The Balaban J connectivity index is 2.47. The van der Waals surface area contributed by atoms with Crippen molar-refractivity contribution in [2.45, 2.75) is 19.4 Å². The van der Waals surface area contributed by atoms with Crippen LogP contribution in [0, 0.1) is 17.5 Å². The van der Waals surface area contributed by atoms with Gasteiger partial charge in [0.25, 0.3) is 0 Å². The van der Waals surface area contributed by atoms with E-state index in [2.05, 4.69) is 5.32 Å². The zero-order chi connectivity index (χ0) is 14.0. The van der Waals surface area contributed by atoms with E-state index in [4.69, 9.17) is 4.42 Å². The lowest BCUT2D eigenvalue weighted by Gasteiger charge is -2.16. The Morgan fingerprint density at radius 3 is 2.26 bits per heavy atom. The lowest BCUT2D eigenvalue weighted by molar-refractivity contribution is 0.414. The van der Waals surface area contributed by atoms with Gasteiger partial charge in [-0.3, -0.25) is 0 Å². The molecule has 1 aromatic carbocycles. The van der Waals surface area contributed by atoms with Crippen molar-refractivity contribution in [2.24, 2.45) is 0 Å². The molecular formula is C14H14F3NO. The van der Waals surface area contributed by atoms with Crippen molar-refractivity contribution in [1.29, 1.82) is 0 Å². The molecule has 1 heterocycles. The highest BCUT2D eigenvalue weighted by atomic mass is 19.1. The fourth-order valence-corrected chi connectivity index (χ4v) is 2.00. The highest BCUT2D eigenvalue weighted by molar-refractivity contribution is 5.30. The summed E-state index contributed by atoms with van der Waals surface area (Å²) in [4.78, 5) is 0. The van der Waals surface area contributed by atoms with Crippen LogP contribution in [-0.4, -0.2) is 7.05 Å². The van der Waals surface area contributed by atoms with Crippen molar-refractivity contribution in [2.75, 3.05) is 7.05 Å². The lowest BCUT2D eigenvalue weighted by atomic mass is 10.0. The van der Waals surface area contributed by atoms with E-state index in [-0.39, 0.29) is 5.56 Å². The van der Waals surface area contributed by atoms with Crippen molar-refractivity contribution in [3.8, 4) is 0 Å². The molecule has 2 aromatic rings. The molecule has 0 aliphatic heterocycles. The molecule has 1 aromatic heterocycles. The Morgan fingerprint density at radius 2 is 1.79 bits per heavy atom. The Bertz CT molecular complexity index is 557. The second-order valence-electron chi connectivity index (χ2n) is 4.16. The summed E-state index contributed by atoms with van der Waals surface area (Å²) in [6.07, 6.45) is 0.685. The third-order valence-electron chi connectivity index (χ3n) is 2.94. The number of rotatable bonds is 4. The van der Waals surface area contributed by atoms with Gasteiger partial charge in [-0.2, -0.15) is 0 Å². The minimum atomic E-state index is -0.942. The van der Waals surface area contributed by atoms with E-state index in [0.717, 1.165) is 5.76 Å². The van der Waals surface area contributed by atoms with Crippen LogP contribution in [0.15, 0.2) is 28.7 Å². The molecule has 102 valence electrons. The fourth-order valence-electron chi connectivity index (χ4n) is 2.00. The van der Waals surface area contributed by atoms with Crippen LogP contribution in [0.25, 0.3) is 0 Å². The van der Waals surface area contributed by atoms with Crippen LogP contribution in [0.5, 0.6) is 0 Å². The first-order valence-electron chi connectivity index (χ1n) is 5.97. The van der Waals surface area contributed by atoms with Gasteiger partial charge in [0.2, 0.25) is 0 Å². The molecule has 2 rings (SSSR count). The molecule has 0 radical (unpaired) electrons. The molecule has 2 nitrogen and oxygen atoms in total. The Hall–Kier alpha value is -1.75. The van der Waals surface area contributed by atoms with Gasteiger partial charge in [-0.1, -0.05) is 6.92 Å². The first kappa shape index (κ1) is 13.7. The van der Waals surface area contributed by atoms with Crippen LogP contribution in [0.3, 0.4) is 0 Å². The van der Waals surface area contributed by atoms with E-state index < -0.39 is 23.5 Å². The standard InChI is InChI=1S/C14H14F3NO/c1-3-9-4-5-12(19-9)14(18-2)13-10(16)6-8(15)7-11(13)17/h4-7,14,18H,3H2,1-2H3. The molecule has 0 saturated heterocycles. The zero-order valence-electron chi connectivity index (χ0n) is 10.6. The predicted octanol–water partition coefficient (Wildman–Crippen LogP) is 3.57. The molecule has 0 bridgehead atoms. The third-order valence-corrected chi connectivity index (χ3v) is 2.94. The summed E-state index contributed by atoms with van der Waals surface area (Å²) in [6, 6.07) is 3.93. The highest BCUT2D eigenvalue weighted by Crippen LogP contribution is 2.28. The maximum Gasteiger partial charge on any atom is 0.134 e. The largest absolute Gasteiger partial charge is 0.464 e. The van der Waals surface area contributed by atoms with E-state index in [1.165, 1.54) is 0 Å².